The summed E-state index contributed by atoms with van der Waals surface area (Å²) in [4.78, 5) is 4.76. The molecular weight excluding hydrogens is 256 g/mol. The average Bonchev–Trinajstić information content (AvgIpc) is 2.76. The van der Waals surface area contributed by atoms with Crippen LogP contribution in [-0.2, 0) is 6.54 Å². The van der Waals surface area contributed by atoms with Crippen LogP contribution >= 0.6 is 11.6 Å². The van der Waals surface area contributed by atoms with Crippen molar-refractivity contribution in [3.05, 3.63) is 53.1 Å². The van der Waals surface area contributed by atoms with Crippen LogP contribution < -0.4 is 0 Å². The third-order valence-electron chi connectivity index (χ3n) is 3.41. The Hall–Kier alpha value is -1.80. The molecule has 1 heterocycles. The Morgan fingerprint density at radius 3 is 2.68 bits per heavy atom. The zero-order valence-electron chi connectivity index (χ0n) is 11.0. The molecule has 0 saturated heterocycles. The molecule has 0 aliphatic heterocycles. The fourth-order valence-electron chi connectivity index (χ4n) is 2.45. The molecule has 3 heteroatoms. The molecule has 0 unspecified atom stereocenters. The molecule has 0 aliphatic rings. The normalized spacial score (nSPS) is 11.1. The molecule has 3 aromatic rings. The predicted octanol–water partition coefficient (Wildman–Crippen LogP) is 4.69. The number of imidazole rings is 1. The summed E-state index contributed by atoms with van der Waals surface area (Å²) in [6, 6.07) is 14.2. The lowest BCUT2D eigenvalue weighted by Crippen LogP contribution is -1.98. The van der Waals surface area contributed by atoms with E-state index < -0.39 is 0 Å². The molecule has 2 aromatic carbocycles. The highest BCUT2D eigenvalue weighted by Crippen LogP contribution is 2.28. The van der Waals surface area contributed by atoms with Gasteiger partial charge in [-0.15, -0.1) is 0 Å². The van der Waals surface area contributed by atoms with Gasteiger partial charge in [0.15, 0.2) is 0 Å². The third kappa shape index (κ3) is 2.02. The van der Waals surface area contributed by atoms with Crippen LogP contribution in [-0.4, -0.2) is 9.55 Å². The molecular formula is C16H15ClN2. The molecule has 19 heavy (non-hydrogen) atoms. The Morgan fingerprint density at radius 2 is 1.95 bits per heavy atom. The molecule has 0 atom stereocenters. The maximum absolute atomic E-state index is 6.09. The first-order valence-corrected chi connectivity index (χ1v) is 6.80. The summed E-state index contributed by atoms with van der Waals surface area (Å²) >= 11 is 6.09. The van der Waals surface area contributed by atoms with Gasteiger partial charge in [0, 0.05) is 17.1 Å². The van der Waals surface area contributed by atoms with E-state index in [9.17, 15) is 0 Å². The van der Waals surface area contributed by atoms with Crippen molar-refractivity contribution in [2.45, 2.75) is 20.4 Å². The summed E-state index contributed by atoms with van der Waals surface area (Å²) < 4.78 is 2.21. The molecule has 2 nitrogen and oxygen atoms in total. The SMILES string of the molecule is CCn1c(-c2ccccc2C)nc2ccc(Cl)cc21. The Labute approximate surface area is 117 Å². The van der Waals surface area contributed by atoms with Crippen LogP contribution in [0.2, 0.25) is 5.02 Å². The van der Waals surface area contributed by atoms with E-state index in [1.807, 2.05) is 18.2 Å². The van der Waals surface area contributed by atoms with Gasteiger partial charge in [0.25, 0.3) is 0 Å². The largest absolute Gasteiger partial charge is 0.324 e. The van der Waals surface area contributed by atoms with Crippen molar-refractivity contribution in [1.29, 1.82) is 0 Å². The van der Waals surface area contributed by atoms with Gasteiger partial charge in [0.2, 0.25) is 0 Å². The standard InChI is InChI=1S/C16H15ClN2/c1-3-19-15-10-12(17)8-9-14(15)18-16(19)13-7-5-4-6-11(13)2/h4-10H,3H2,1-2H3. The number of hydrogen-bond donors (Lipinski definition) is 0. The van der Waals surface area contributed by atoms with Crippen molar-refractivity contribution in [2.24, 2.45) is 0 Å². The van der Waals surface area contributed by atoms with Crippen molar-refractivity contribution in [2.75, 3.05) is 0 Å². The average molecular weight is 271 g/mol. The molecule has 0 radical (unpaired) electrons. The van der Waals surface area contributed by atoms with Crippen LogP contribution in [0.1, 0.15) is 12.5 Å². The lowest BCUT2D eigenvalue weighted by Gasteiger charge is -2.08. The van der Waals surface area contributed by atoms with E-state index >= 15 is 0 Å². The lowest BCUT2D eigenvalue weighted by molar-refractivity contribution is 0.796. The van der Waals surface area contributed by atoms with E-state index in [2.05, 4.69) is 42.7 Å². The molecule has 0 bridgehead atoms. The molecule has 96 valence electrons. The van der Waals surface area contributed by atoms with Crippen LogP contribution in [0.4, 0.5) is 0 Å². The molecule has 0 aliphatic carbocycles. The van der Waals surface area contributed by atoms with E-state index in [0.717, 1.165) is 28.4 Å². The van der Waals surface area contributed by atoms with E-state index in [1.165, 1.54) is 11.1 Å². The highest BCUT2D eigenvalue weighted by molar-refractivity contribution is 6.31. The maximum Gasteiger partial charge on any atom is 0.141 e. The molecule has 0 saturated carbocycles. The summed E-state index contributed by atoms with van der Waals surface area (Å²) in [5, 5.41) is 0.749. The van der Waals surface area contributed by atoms with E-state index in [4.69, 9.17) is 16.6 Å². The van der Waals surface area contributed by atoms with Crippen molar-refractivity contribution >= 4 is 22.6 Å². The second-order valence-electron chi connectivity index (χ2n) is 4.63. The minimum atomic E-state index is 0.749. The molecule has 0 fully saturated rings. The molecule has 0 spiro atoms. The van der Waals surface area contributed by atoms with Gasteiger partial charge in [-0.3, -0.25) is 0 Å². The lowest BCUT2D eigenvalue weighted by atomic mass is 10.1. The van der Waals surface area contributed by atoms with Gasteiger partial charge in [0.05, 0.1) is 11.0 Å². The minimum absolute atomic E-state index is 0.749. The maximum atomic E-state index is 6.09. The first kappa shape index (κ1) is 12.2. The molecule has 1 aromatic heterocycles. The van der Waals surface area contributed by atoms with Gasteiger partial charge >= 0.3 is 0 Å². The zero-order chi connectivity index (χ0) is 13.4. The van der Waals surface area contributed by atoms with Crippen molar-refractivity contribution < 1.29 is 0 Å². The monoisotopic (exact) mass is 270 g/mol. The number of benzene rings is 2. The van der Waals surface area contributed by atoms with Crippen LogP contribution in [0.3, 0.4) is 0 Å². The number of aromatic nitrogens is 2. The number of halogens is 1. The molecule has 0 N–H and O–H groups in total. The zero-order valence-corrected chi connectivity index (χ0v) is 11.8. The molecule has 3 rings (SSSR count). The van der Waals surface area contributed by atoms with E-state index in [1.54, 1.807) is 0 Å². The quantitative estimate of drug-likeness (QED) is 0.661. The Balaban J connectivity index is 2.33. The fraction of sp³-hybridized carbons (Fsp3) is 0.188. The minimum Gasteiger partial charge on any atom is -0.324 e. The topological polar surface area (TPSA) is 17.8 Å². The Morgan fingerprint density at radius 1 is 1.16 bits per heavy atom. The van der Waals surface area contributed by atoms with E-state index in [0.29, 0.717) is 0 Å². The number of aryl methyl sites for hydroxylation is 2. The predicted molar refractivity (Wildman–Crippen MR) is 80.6 cm³/mol. The molecule has 0 amide bonds. The van der Waals surface area contributed by atoms with Crippen LogP contribution in [0, 0.1) is 6.92 Å². The Bertz CT molecular complexity index is 744. The first-order chi connectivity index (χ1) is 9.20. The van der Waals surface area contributed by atoms with Gasteiger partial charge in [-0.2, -0.15) is 0 Å². The number of hydrogen-bond acceptors (Lipinski definition) is 1. The number of fused-ring (bicyclic) bond motifs is 1. The summed E-state index contributed by atoms with van der Waals surface area (Å²) in [6.45, 7) is 5.12. The van der Waals surface area contributed by atoms with Gasteiger partial charge in [0.1, 0.15) is 5.82 Å². The highest BCUT2D eigenvalue weighted by atomic mass is 35.5. The van der Waals surface area contributed by atoms with Crippen LogP contribution in [0.15, 0.2) is 42.5 Å². The summed E-state index contributed by atoms with van der Waals surface area (Å²) in [5.74, 6) is 1.01. The van der Waals surface area contributed by atoms with Crippen LogP contribution in [0.25, 0.3) is 22.4 Å². The van der Waals surface area contributed by atoms with Crippen molar-refractivity contribution in [1.82, 2.24) is 9.55 Å². The van der Waals surface area contributed by atoms with E-state index in [-0.39, 0.29) is 0 Å². The highest BCUT2D eigenvalue weighted by Gasteiger charge is 2.13. The second kappa shape index (κ2) is 4.71. The number of rotatable bonds is 2. The van der Waals surface area contributed by atoms with Gasteiger partial charge in [-0.05, 0) is 37.6 Å². The third-order valence-corrected chi connectivity index (χ3v) is 3.65. The fourth-order valence-corrected chi connectivity index (χ4v) is 2.61. The van der Waals surface area contributed by atoms with Gasteiger partial charge in [-0.1, -0.05) is 35.9 Å². The number of nitrogens with zero attached hydrogens (tertiary/aromatic N) is 2. The van der Waals surface area contributed by atoms with Gasteiger partial charge in [-0.25, -0.2) is 4.98 Å². The van der Waals surface area contributed by atoms with Gasteiger partial charge < -0.3 is 4.57 Å². The Kier molecular flexibility index (Phi) is 3.03. The summed E-state index contributed by atoms with van der Waals surface area (Å²) in [7, 11) is 0. The van der Waals surface area contributed by atoms with Crippen molar-refractivity contribution in [3.8, 4) is 11.4 Å². The summed E-state index contributed by atoms with van der Waals surface area (Å²) in [6.07, 6.45) is 0. The van der Waals surface area contributed by atoms with Crippen LogP contribution in [0.5, 0.6) is 0 Å². The second-order valence-corrected chi connectivity index (χ2v) is 5.06. The smallest absolute Gasteiger partial charge is 0.141 e. The van der Waals surface area contributed by atoms with Crippen molar-refractivity contribution in [3.63, 3.8) is 0 Å². The summed E-state index contributed by atoms with van der Waals surface area (Å²) in [5.41, 5.74) is 4.49. The first-order valence-electron chi connectivity index (χ1n) is 6.42.